The van der Waals surface area contributed by atoms with Gasteiger partial charge in [0.1, 0.15) is 0 Å². The Morgan fingerprint density at radius 1 is 1.71 bits per heavy atom. The molecule has 6 heteroatoms. The van der Waals surface area contributed by atoms with Crippen LogP contribution in [-0.2, 0) is 6.54 Å². The first kappa shape index (κ1) is 10.1. The number of hydrogen-bond donors (Lipinski definition) is 1. The lowest BCUT2D eigenvalue weighted by Crippen LogP contribution is -1.95. The molecule has 14 heavy (non-hydrogen) atoms. The maximum Gasteiger partial charge on any atom is 0.195 e. The van der Waals surface area contributed by atoms with Crippen molar-refractivity contribution < 1.29 is 0 Å². The number of H-pyrrole nitrogens is 1. The summed E-state index contributed by atoms with van der Waals surface area (Å²) in [5.41, 5.74) is 0. The Bertz CT molecular complexity index is 497. The molecule has 0 saturated heterocycles. The molecule has 0 radical (unpaired) electrons. The predicted octanol–water partition coefficient (Wildman–Crippen LogP) is 3.45. The van der Waals surface area contributed by atoms with Crippen LogP contribution in [0.15, 0.2) is 15.9 Å². The van der Waals surface area contributed by atoms with Crippen molar-refractivity contribution in [3.05, 3.63) is 20.7 Å². The third-order valence-electron chi connectivity index (χ3n) is 1.86. The smallest absolute Gasteiger partial charge is 0.195 e. The number of nitrogens with one attached hydrogen (secondary N) is 1. The van der Waals surface area contributed by atoms with Gasteiger partial charge in [-0.2, -0.15) is 5.10 Å². The van der Waals surface area contributed by atoms with E-state index in [0.29, 0.717) is 4.77 Å². The van der Waals surface area contributed by atoms with Crippen LogP contribution in [0.4, 0.5) is 0 Å². The van der Waals surface area contributed by atoms with E-state index in [1.54, 1.807) is 11.3 Å². The Labute approximate surface area is 98.9 Å². The molecule has 0 bridgehead atoms. The molecular formula is C8H8BrN3S2. The van der Waals surface area contributed by atoms with Crippen LogP contribution in [0.5, 0.6) is 0 Å². The van der Waals surface area contributed by atoms with Crippen molar-refractivity contribution in [3.8, 4) is 10.7 Å². The van der Waals surface area contributed by atoms with Crippen molar-refractivity contribution in [2.45, 2.75) is 13.5 Å². The Hall–Kier alpha value is -0.460. The van der Waals surface area contributed by atoms with Crippen LogP contribution in [0.3, 0.4) is 0 Å². The monoisotopic (exact) mass is 289 g/mol. The Kier molecular flexibility index (Phi) is 2.85. The highest BCUT2D eigenvalue weighted by Gasteiger charge is 2.08. The average molecular weight is 290 g/mol. The second-order valence-electron chi connectivity index (χ2n) is 2.73. The summed E-state index contributed by atoms with van der Waals surface area (Å²) in [6, 6.07) is 2.04. The summed E-state index contributed by atoms with van der Waals surface area (Å²) in [7, 11) is 0. The van der Waals surface area contributed by atoms with Gasteiger partial charge >= 0.3 is 0 Å². The van der Waals surface area contributed by atoms with Gasteiger partial charge < -0.3 is 0 Å². The van der Waals surface area contributed by atoms with E-state index in [4.69, 9.17) is 12.2 Å². The van der Waals surface area contributed by atoms with E-state index in [0.717, 1.165) is 21.7 Å². The molecule has 2 aromatic heterocycles. The zero-order chi connectivity index (χ0) is 10.1. The number of thiophene rings is 1. The second kappa shape index (κ2) is 3.96. The quantitative estimate of drug-likeness (QED) is 0.859. The van der Waals surface area contributed by atoms with Crippen molar-refractivity contribution in [2.75, 3.05) is 0 Å². The van der Waals surface area contributed by atoms with Gasteiger partial charge in [0.2, 0.25) is 0 Å². The second-order valence-corrected chi connectivity index (χ2v) is 4.94. The standard InChI is InChI=1S/C8H8BrN3S2/c1-2-12-7(10-11-8(12)13)6-3-5(9)4-14-6/h3-4H,2H2,1H3,(H,11,13). The molecule has 2 aromatic rings. The lowest BCUT2D eigenvalue weighted by atomic mass is 10.4. The Balaban J connectivity index is 2.56. The predicted molar refractivity (Wildman–Crippen MR) is 64.1 cm³/mol. The minimum Gasteiger partial charge on any atom is -0.300 e. The van der Waals surface area contributed by atoms with Crippen molar-refractivity contribution in [1.29, 1.82) is 0 Å². The summed E-state index contributed by atoms with van der Waals surface area (Å²) in [5.74, 6) is 0.910. The number of aromatic nitrogens is 3. The number of halogens is 1. The van der Waals surface area contributed by atoms with Gasteiger partial charge in [0.25, 0.3) is 0 Å². The molecule has 3 nitrogen and oxygen atoms in total. The molecular weight excluding hydrogens is 282 g/mol. The highest BCUT2D eigenvalue weighted by Crippen LogP contribution is 2.28. The summed E-state index contributed by atoms with van der Waals surface area (Å²) >= 11 is 10.2. The summed E-state index contributed by atoms with van der Waals surface area (Å²) in [6.07, 6.45) is 0. The lowest BCUT2D eigenvalue weighted by molar-refractivity contribution is 0.757. The third kappa shape index (κ3) is 1.69. The number of rotatable bonds is 2. The van der Waals surface area contributed by atoms with E-state index in [-0.39, 0.29) is 0 Å². The molecule has 0 fully saturated rings. The van der Waals surface area contributed by atoms with Gasteiger partial charge in [0.15, 0.2) is 10.6 Å². The Morgan fingerprint density at radius 3 is 3.07 bits per heavy atom. The van der Waals surface area contributed by atoms with Gasteiger partial charge in [-0.15, -0.1) is 11.3 Å². The molecule has 2 rings (SSSR count). The molecule has 0 amide bonds. The Morgan fingerprint density at radius 2 is 2.50 bits per heavy atom. The van der Waals surface area contributed by atoms with Crippen molar-refractivity contribution in [2.24, 2.45) is 0 Å². The maximum absolute atomic E-state index is 5.12. The molecule has 0 saturated carbocycles. The van der Waals surface area contributed by atoms with Gasteiger partial charge in [-0.25, -0.2) is 0 Å². The lowest BCUT2D eigenvalue weighted by Gasteiger charge is -1.99. The van der Waals surface area contributed by atoms with Gasteiger partial charge in [0, 0.05) is 16.4 Å². The van der Waals surface area contributed by atoms with Crippen LogP contribution in [0.25, 0.3) is 10.7 Å². The molecule has 0 atom stereocenters. The summed E-state index contributed by atoms with van der Waals surface area (Å²) in [6.45, 7) is 2.89. The summed E-state index contributed by atoms with van der Waals surface area (Å²) < 4.78 is 3.73. The van der Waals surface area contributed by atoms with E-state index in [1.807, 2.05) is 16.0 Å². The highest BCUT2D eigenvalue weighted by atomic mass is 79.9. The van der Waals surface area contributed by atoms with Crippen LogP contribution >= 0.6 is 39.5 Å². The van der Waals surface area contributed by atoms with Gasteiger partial charge in [-0.05, 0) is 41.1 Å². The summed E-state index contributed by atoms with van der Waals surface area (Å²) in [4.78, 5) is 1.12. The van der Waals surface area contributed by atoms with Crippen molar-refractivity contribution in [3.63, 3.8) is 0 Å². The number of aromatic amines is 1. The van der Waals surface area contributed by atoms with Gasteiger partial charge in [-0.3, -0.25) is 9.67 Å². The van der Waals surface area contributed by atoms with Crippen LogP contribution in [0.2, 0.25) is 0 Å². The van der Waals surface area contributed by atoms with Crippen molar-refractivity contribution >= 4 is 39.5 Å². The van der Waals surface area contributed by atoms with Crippen LogP contribution < -0.4 is 0 Å². The fraction of sp³-hybridized carbons (Fsp3) is 0.250. The first-order valence-corrected chi connectivity index (χ1v) is 6.20. The van der Waals surface area contributed by atoms with Crippen molar-refractivity contribution in [1.82, 2.24) is 14.8 Å². The zero-order valence-corrected chi connectivity index (χ0v) is 10.7. The molecule has 0 unspecified atom stereocenters. The first-order chi connectivity index (χ1) is 6.72. The largest absolute Gasteiger partial charge is 0.300 e. The van der Waals surface area contributed by atoms with E-state index in [2.05, 4.69) is 33.1 Å². The van der Waals surface area contributed by atoms with Crippen LogP contribution in [0.1, 0.15) is 6.92 Å². The van der Waals surface area contributed by atoms with E-state index >= 15 is 0 Å². The third-order valence-corrected chi connectivity index (χ3v) is 3.86. The van der Waals surface area contributed by atoms with Gasteiger partial charge in [0.05, 0.1) is 4.88 Å². The zero-order valence-electron chi connectivity index (χ0n) is 7.45. The topological polar surface area (TPSA) is 33.6 Å². The number of hydrogen-bond acceptors (Lipinski definition) is 3. The highest BCUT2D eigenvalue weighted by molar-refractivity contribution is 9.10. The SMILES string of the molecule is CCn1c(-c2cc(Br)cs2)n[nH]c1=S. The van der Waals surface area contributed by atoms with Crippen LogP contribution in [-0.4, -0.2) is 14.8 Å². The average Bonchev–Trinajstić information content (AvgIpc) is 2.71. The molecule has 0 spiro atoms. The normalized spacial score (nSPS) is 10.7. The maximum atomic E-state index is 5.12. The minimum atomic E-state index is 0.673. The fourth-order valence-electron chi connectivity index (χ4n) is 1.23. The first-order valence-electron chi connectivity index (χ1n) is 4.12. The molecule has 0 aliphatic rings. The number of nitrogens with zero attached hydrogens (tertiary/aromatic N) is 2. The molecule has 2 heterocycles. The molecule has 74 valence electrons. The summed E-state index contributed by atoms with van der Waals surface area (Å²) in [5, 5.41) is 9.04. The van der Waals surface area contributed by atoms with Gasteiger partial charge in [-0.1, -0.05) is 0 Å². The van der Waals surface area contributed by atoms with E-state index in [9.17, 15) is 0 Å². The van der Waals surface area contributed by atoms with E-state index in [1.165, 1.54) is 0 Å². The van der Waals surface area contributed by atoms with Crippen LogP contribution in [0, 0.1) is 4.77 Å². The molecule has 0 aliphatic heterocycles. The molecule has 1 N–H and O–H groups in total. The molecule has 0 aliphatic carbocycles. The van der Waals surface area contributed by atoms with E-state index < -0.39 is 0 Å². The molecule has 0 aromatic carbocycles. The minimum absolute atomic E-state index is 0.673. The fourth-order valence-corrected chi connectivity index (χ4v) is 2.92.